The Balaban J connectivity index is 1.79. The van der Waals surface area contributed by atoms with Crippen LogP contribution in [0.1, 0.15) is 18.9 Å². The molecule has 3 rings (SSSR count). The van der Waals surface area contributed by atoms with E-state index in [-0.39, 0.29) is 12.2 Å². The number of rotatable bonds is 4. The van der Waals surface area contributed by atoms with E-state index in [1.807, 2.05) is 41.4 Å². The van der Waals surface area contributed by atoms with E-state index in [9.17, 15) is 10.1 Å². The van der Waals surface area contributed by atoms with Gasteiger partial charge >= 0.3 is 5.97 Å². The summed E-state index contributed by atoms with van der Waals surface area (Å²) in [5.41, 5.74) is 1.63. The lowest BCUT2D eigenvalue weighted by atomic mass is 9.97. The van der Waals surface area contributed by atoms with Crippen molar-refractivity contribution < 1.29 is 14.3 Å². The summed E-state index contributed by atoms with van der Waals surface area (Å²) < 4.78 is 11.0. The maximum Gasteiger partial charge on any atom is 0.312 e. The lowest BCUT2D eigenvalue weighted by Gasteiger charge is -2.31. The lowest BCUT2D eigenvalue weighted by molar-refractivity contribution is -0.149. The van der Waals surface area contributed by atoms with E-state index < -0.39 is 12.0 Å². The molecule has 1 aromatic rings. The Morgan fingerprint density at radius 2 is 2.23 bits per heavy atom. The summed E-state index contributed by atoms with van der Waals surface area (Å²) in [6, 6.07) is 12.2. The topological polar surface area (TPSA) is 62.6 Å². The summed E-state index contributed by atoms with van der Waals surface area (Å²) >= 11 is 0. The van der Waals surface area contributed by atoms with Crippen LogP contribution in [-0.4, -0.2) is 29.8 Å². The number of carbonyl (C=O) groups is 1. The predicted octanol–water partition coefficient (Wildman–Crippen LogP) is 2.20. The maximum atomic E-state index is 12.1. The number of hydrogen-bond donors (Lipinski definition) is 0. The van der Waals surface area contributed by atoms with Gasteiger partial charge in [-0.2, -0.15) is 5.26 Å². The van der Waals surface area contributed by atoms with Crippen LogP contribution in [0.5, 0.6) is 0 Å². The fourth-order valence-corrected chi connectivity index (χ4v) is 3.00. The van der Waals surface area contributed by atoms with Gasteiger partial charge in [0, 0.05) is 19.2 Å². The minimum Gasteiger partial charge on any atom is -0.466 e. The molecule has 5 nitrogen and oxygen atoms in total. The summed E-state index contributed by atoms with van der Waals surface area (Å²) in [5, 5.41) is 9.35. The zero-order valence-corrected chi connectivity index (χ0v) is 12.4. The molecule has 2 heterocycles. The Hall–Kier alpha value is -2.32. The average molecular weight is 298 g/mol. The largest absolute Gasteiger partial charge is 0.466 e. The predicted molar refractivity (Wildman–Crippen MR) is 79.1 cm³/mol. The minimum absolute atomic E-state index is 0.184. The van der Waals surface area contributed by atoms with Crippen molar-refractivity contribution in [3.05, 3.63) is 47.7 Å². The fraction of sp³-hybridized carbons (Fsp3) is 0.412. The number of fused-ring (bicyclic) bond motifs is 2. The Labute approximate surface area is 129 Å². The zero-order chi connectivity index (χ0) is 15.5. The van der Waals surface area contributed by atoms with Crippen molar-refractivity contribution in [1.29, 1.82) is 5.26 Å². The van der Waals surface area contributed by atoms with Gasteiger partial charge in [0.15, 0.2) is 0 Å². The molecule has 1 saturated heterocycles. The highest BCUT2D eigenvalue weighted by Crippen LogP contribution is 2.38. The van der Waals surface area contributed by atoms with Gasteiger partial charge in [0.25, 0.3) is 0 Å². The van der Waals surface area contributed by atoms with Crippen LogP contribution in [0.2, 0.25) is 0 Å². The van der Waals surface area contributed by atoms with Gasteiger partial charge in [0.2, 0.25) is 0 Å². The van der Waals surface area contributed by atoms with Crippen LogP contribution in [0.15, 0.2) is 42.1 Å². The van der Waals surface area contributed by atoms with Gasteiger partial charge in [0.05, 0.1) is 24.2 Å². The van der Waals surface area contributed by atoms with Crippen molar-refractivity contribution in [3.8, 4) is 6.07 Å². The molecule has 0 amide bonds. The number of esters is 1. The van der Waals surface area contributed by atoms with Gasteiger partial charge in [-0.15, -0.1) is 0 Å². The molecule has 0 N–H and O–H groups in total. The van der Waals surface area contributed by atoms with E-state index >= 15 is 0 Å². The second-order valence-electron chi connectivity index (χ2n) is 5.46. The van der Waals surface area contributed by atoms with Crippen LogP contribution < -0.4 is 0 Å². The molecule has 22 heavy (non-hydrogen) atoms. The number of nitriles is 1. The summed E-state index contributed by atoms with van der Waals surface area (Å²) in [4.78, 5) is 14.0. The number of hydrogen-bond acceptors (Lipinski definition) is 5. The molecule has 1 fully saturated rings. The Kier molecular flexibility index (Phi) is 4.12. The summed E-state index contributed by atoms with van der Waals surface area (Å²) in [5.74, 6) is -0.672. The van der Waals surface area contributed by atoms with Gasteiger partial charge in [-0.1, -0.05) is 30.3 Å². The molecule has 0 aromatic heterocycles. The molecule has 2 aliphatic heterocycles. The molecule has 114 valence electrons. The summed E-state index contributed by atoms with van der Waals surface area (Å²) in [7, 11) is 0. The summed E-state index contributed by atoms with van der Waals surface area (Å²) in [6.07, 6.45) is 1.72. The summed E-state index contributed by atoms with van der Waals surface area (Å²) in [6.45, 7) is 2.77. The smallest absolute Gasteiger partial charge is 0.312 e. The second-order valence-corrected chi connectivity index (χ2v) is 5.46. The van der Waals surface area contributed by atoms with Crippen LogP contribution in [0.4, 0.5) is 0 Å². The second kappa shape index (κ2) is 6.20. The molecular weight excluding hydrogens is 280 g/mol. The first-order chi connectivity index (χ1) is 10.7. The van der Waals surface area contributed by atoms with Crippen LogP contribution in [0, 0.1) is 17.2 Å². The first kappa shape index (κ1) is 14.6. The number of ether oxygens (including phenoxy) is 2. The van der Waals surface area contributed by atoms with Gasteiger partial charge in [-0.05, 0) is 12.5 Å². The molecule has 0 unspecified atom stereocenters. The quantitative estimate of drug-likeness (QED) is 0.797. The van der Waals surface area contributed by atoms with Crippen molar-refractivity contribution in [2.24, 2.45) is 5.92 Å². The van der Waals surface area contributed by atoms with Crippen LogP contribution >= 0.6 is 0 Å². The van der Waals surface area contributed by atoms with Crippen LogP contribution in [0.3, 0.4) is 0 Å². The van der Waals surface area contributed by atoms with Gasteiger partial charge in [0.1, 0.15) is 12.3 Å². The highest BCUT2D eigenvalue weighted by atomic mass is 16.5. The molecule has 1 aromatic carbocycles. The third-order valence-corrected chi connectivity index (χ3v) is 4.03. The molecule has 0 radical (unpaired) electrons. The lowest BCUT2D eigenvalue weighted by Crippen LogP contribution is -2.35. The molecule has 0 spiro atoms. The van der Waals surface area contributed by atoms with Crippen molar-refractivity contribution >= 4 is 5.97 Å². The Morgan fingerprint density at radius 1 is 1.45 bits per heavy atom. The van der Waals surface area contributed by atoms with Gasteiger partial charge in [-0.25, -0.2) is 0 Å². The molecule has 2 aliphatic rings. The third kappa shape index (κ3) is 2.70. The molecular formula is C17H18N2O3. The van der Waals surface area contributed by atoms with Crippen molar-refractivity contribution in [2.75, 3.05) is 6.61 Å². The molecule has 5 heteroatoms. The average Bonchev–Trinajstić information content (AvgIpc) is 2.92. The molecule has 0 saturated carbocycles. The van der Waals surface area contributed by atoms with E-state index in [2.05, 4.69) is 6.07 Å². The SMILES string of the molecule is CCOC(=O)[C@H]1C[C@H]2O[C@@H]1C(C#N)=CN2Cc1ccccc1. The zero-order valence-electron chi connectivity index (χ0n) is 12.4. The van der Waals surface area contributed by atoms with Crippen molar-refractivity contribution in [2.45, 2.75) is 32.2 Å². The van der Waals surface area contributed by atoms with E-state index in [0.717, 1.165) is 5.56 Å². The first-order valence-electron chi connectivity index (χ1n) is 7.46. The fourth-order valence-electron chi connectivity index (χ4n) is 3.00. The van der Waals surface area contributed by atoms with Crippen LogP contribution in [-0.2, 0) is 20.8 Å². The van der Waals surface area contributed by atoms with E-state index in [0.29, 0.717) is 25.1 Å². The van der Waals surface area contributed by atoms with Crippen LogP contribution in [0.25, 0.3) is 0 Å². The van der Waals surface area contributed by atoms with Crippen molar-refractivity contribution in [3.63, 3.8) is 0 Å². The maximum absolute atomic E-state index is 12.1. The number of carbonyl (C=O) groups excluding carboxylic acids is 1. The van der Waals surface area contributed by atoms with E-state index in [1.54, 1.807) is 6.92 Å². The standard InChI is InChI=1S/C17H18N2O3/c1-2-21-17(20)14-8-15-19(10-12-6-4-3-5-7-12)11-13(9-18)16(14)22-15/h3-7,11,14-16H,2,8,10H2,1H3/t14-,15+,16+/m0/s1. The van der Waals surface area contributed by atoms with Gasteiger partial charge in [-0.3, -0.25) is 4.79 Å². The normalized spacial score (nSPS) is 26.3. The first-order valence-corrected chi connectivity index (χ1v) is 7.46. The third-order valence-electron chi connectivity index (χ3n) is 4.03. The minimum atomic E-state index is -0.471. The van der Waals surface area contributed by atoms with Crippen molar-refractivity contribution in [1.82, 2.24) is 4.90 Å². The molecule has 3 atom stereocenters. The molecule has 2 bridgehead atoms. The number of benzene rings is 1. The Bertz CT molecular complexity index is 621. The molecule has 0 aliphatic carbocycles. The van der Waals surface area contributed by atoms with E-state index in [1.165, 1.54) is 0 Å². The highest BCUT2D eigenvalue weighted by Gasteiger charge is 2.47. The van der Waals surface area contributed by atoms with Gasteiger partial charge < -0.3 is 14.4 Å². The highest BCUT2D eigenvalue weighted by molar-refractivity contribution is 5.74. The van der Waals surface area contributed by atoms with E-state index in [4.69, 9.17) is 9.47 Å². The Morgan fingerprint density at radius 3 is 2.91 bits per heavy atom. The monoisotopic (exact) mass is 298 g/mol. The number of nitrogens with zero attached hydrogens (tertiary/aromatic N) is 2.